The summed E-state index contributed by atoms with van der Waals surface area (Å²) in [7, 11) is 1.58. The Morgan fingerprint density at radius 2 is 2.00 bits per heavy atom. The van der Waals surface area contributed by atoms with Gasteiger partial charge in [0.05, 0.1) is 13.7 Å². The SMILES string of the molecule is CCCCCOc1cc(NC(=O)NCc2ccnc3c2ccn3CC(=O)O)ccc1OC. The van der Waals surface area contributed by atoms with E-state index < -0.39 is 5.97 Å². The molecule has 0 saturated carbocycles. The lowest BCUT2D eigenvalue weighted by Gasteiger charge is -2.13. The van der Waals surface area contributed by atoms with Crippen molar-refractivity contribution in [3.05, 3.63) is 48.3 Å². The molecule has 1 aromatic carbocycles. The molecule has 2 heterocycles. The average molecular weight is 441 g/mol. The van der Waals surface area contributed by atoms with Gasteiger partial charge in [0.25, 0.3) is 0 Å². The lowest BCUT2D eigenvalue weighted by atomic mass is 10.2. The number of benzene rings is 1. The molecule has 0 aliphatic heterocycles. The molecule has 170 valence electrons. The van der Waals surface area contributed by atoms with Gasteiger partial charge < -0.3 is 29.8 Å². The minimum absolute atomic E-state index is 0.172. The van der Waals surface area contributed by atoms with Gasteiger partial charge in [-0.05, 0) is 36.2 Å². The highest BCUT2D eigenvalue weighted by molar-refractivity contribution is 5.90. The molecule has 3 aromatic rings. The van der Waals surface area contributed by atoms with Crippen molar-refractivity contribution < 1.29 is 24.2 Å². The molecule has 0 aliphatic rings. The lowest BCUT2D eigenvalue weighted by molar-refractivity contribution is -0.137. The minimum Gasteiger partial charge on any atom is -0.493 e. The summed E-state index contributed by atoms with van der Waals surface area (Å²) in [4.78, 5) is 27.7. The summed E-state index contributed by atoms with van der Waals surface area (Å²) in [6, 6.07) is 8.45. The van der Waals surface area contributed by atoms with Crippen LogP contribution in [0.1, 0.15) is 31.7 Å². The molecule has 9 nitrogen and oxygen atoms in total. The van der Waals surface area contributed by atoms with E-state index in [4.69, 9.17) is 14.6 Å². The lowest BCUT2D eigenvalue weighted by Crippen LogP contribution is -2.28. The van der Waals surface area contributed by atoms with E-state index in [1.807, 2.05) is 0 Å². The molecular formula is C23H28N4O5. The molecular weight excluding hydrogens is 412 g/mol. The first kappa shape index (κ1) is 22.9. The van der Waals surface area contributed by atoms with Crippen molar-refractivity contribution >= 4 is 28.7 Å². The number of aromatic nitrogens is 2. The Morgan fingerprint density at radius 1 is 1.16 bits per heavy atom. The molecule has 0 bridgehead atoms. The normalized spacial score (nSPS) is 10.7. The number of ether oxygens (including phenoxy) is 2. The maximum absolute atomic E-state index is 12.4. The number of anilines is 1. The van der Waals surface area contributed by atoms with Gasteiger partial charge in [-0.25, -0.2) is 9.78 Å². The van der Waals surface area contributed by atoms with Crippen LogP contribution in [-0.4, -0.2) is 40.4 Å². The standard InChI is InChI=1S/C23H28N4O5/c1-3-4-5-12-32-20-13-17(6-7-19(20)31-2)26-23(30)25-14-16-8-10-24-22-18(16)9-11-27(22)15-21(28)29/h6-11,13H,3-5,12,14-15H2,1-2H3,(H,28,29)(H2,25,26,30). The second kappa shape index (κ2) is 11.0. The van der Waals surface area contributed by atoms with Crippen LogP contribution in [0.25, 0.3) is 11.0 Å². The van der Waals surface area contributed by atoms with Gasteiger partial charge in [0.2, 0.25) is 0 Å². The van der Waals surface area contributed by atoms with E-state index >= 15 is 0 Å². The summed E-state index contributed by atoms with van der Waals surface area (Å²) < 4.78 is 12.7. The smallest absolute Gasteiger partial charge is 0.323 e. The Morgan fingerprint density at radius 3 is 2.75 bits per heavy atom. The third kappa shape index (κ3) is 5.90. The van der Waals surface area contributed by atoms with Crippen LogP contribution in [0.3, 0.4) is 0 Å². The zero-order valence-electron chi connectivity index (χ0n) is 18.3. The number of carboxylic acids is 1. The van der Waals surface area contributed by atoms with Gasteiger partial charge in [0.1, 0.15) is 12.2 Å². The number of rotatable bonds is 11. The number of pyridine rings is 1. The summed E-state index contributed by atoms with van der Waals surface area (Å²) in [5.41, 5.74) is 1.98. The molecule has 0 atom stereocenters. The van der Waals surface area contributed by atoms with Crippen molar-refractivity contribution in [1.29, 1.82) is 0 Å². The van der Waals surface area contributed by atoms with Gasteiger partial charge in [0.15, 0.2) is 11.5 Å². The number of amides is 2. The van der Waals surface area contributed by atoms with Gasteiger partial charge in [-0.1, -0.05) is 19.8 Å². The fourth-order valence-corrected chi connectivity index (χ4v) is 3.33. The van der Waals surface area contributed by atoms with Crippen LogP contribution in [-0.2, 0) is 17.9 Å². The summed E-state index contributed by atoms with van der Waals surface area (Å²) in [6.45, 7) is 2.80. The number of carbonyl (C=O) groups excluding carboxylic acids is 1. The number of nitrogens with zero attached hydrogens (tertiary/aromatic N) is 2. The number of urea groups is 1. The molecule has 2 amide bonds. The predicted molar refractivity (Wildman–Crippen MR) is 121 cm³/mol. The van der Waals surface area contributed by atoms with Crippen LogP contribution in [0.5, 0.6) is 11.5 Å². The Hall–Kier alpha value is -3.75. The Balaban J connectivity index is 1.62. The molecule has 2 aromatic heterocycles. The van der Waals surface area contributed by atoms with E-state index in [1.54, 1.807) is 54.4 Å². The maximum Gasteiger partial charge on any atom is 0.323 e. The fourth-order valence-electron chi connectivity index (χ4n) is 3.33. The third-order valence-corrected chi connectivity index (χ3v) is 4.92. The average Bonchev–Trinajstić information content (AvgIpc) is 3.18. The molecule has 9 heteroatoms. The summed E-state index contributed by atoms with van der Waals surface area (Å²) in [6.07, 6.45) is 6.42. The molecule has 3 N–H and O–H groups in total. The highest BCUT2D eigenvalue weighted by atomic mass is 16.5. The zero-order valence-corrected chi connectivity index (χ0v) is 18.3. The third-order valence-electron chi connectivity index (χ3n) is 4.92. The topological polar surface area (TPSA) is 115 Å². The Bertz CT molecular complexity index is 1080. The van der Waals surface area contributed by atoms with E-state index in [1.165, 1.54) is 0 Å². The van der Waals surface area contributed by atoms with Crippen LogP contribution in [0.2, 0.25) is 0 Å². The van der Waals surface area contributed by atoms with Gasteiger partial charge >= 0.3 is 12.0 Å². The van der Waals surface area contributed by atoms with Crippen molar-refractivity contribution in [2.45, 2.75) is 39.3 Å². The van der Waals surface area contributed by atoms with Gasteiger partial charge in [-0.2, -0.15) is 0 Å². The first-order valence-corrected chi connectivity index (χ1v) is 10.5. The molecule has 3 rings (SSSR count). The fraction of sp³-hybridized carbons (Fsp3) is 0.348. The van der Waals surface area contributed by atoms with Crippen molar-refractivity contribution in [3.8, 4) is 11.5 Å². The van der Waals surface area contributed by atoms with Crippen LogP contribution in [0.4, 0.5) is 10.5 Å². The van der Waals surface area contributed by atoms with E-state index in [9.17, 15) is 9.59 Å². The number of hydrogen-bond acceptors (Lipinski definition) is 5. The van der Waals surface area contributed by atoms with Crippen LogP contribution in [0, 0.1) is 0 Å². The monoisotopic (exact) mass is 440 g/mol. The zero-order chi connectivity index (χ0) is 22.9. The first-order valence-electron chi connectivity index (χ1n) is 10.5. The molecule has 0 radical (unpaired) electrons. The highest BCUT2D eigenvalue weighted by Crippen LogP contribution is 2.30. The molecule has 0 fully saturated rings. The van der Waals surface area contributed by atoms with Crippen LogP contribution < -0.4 is 20.1 Å². The number of nitrogens with one attached hydrogen (secondary N) is 2. The van der Waals surface area contributed by atoms with Crippen LogP contribution >= 0.6 is 0 Å². The Kier molecular flexibility index (Phi) is 7.91. The summed E-state index contributed by atoms with van der Waals surface area (Å²) in [5.74, 6) is 0.245. The number of carbonyl (C=O) groups is 2. The highest BCUT2D eigenvalue weighted by Gasteiger charge is 2.11. The molecule has 0 spiro atoms. The van der Waals surface area contributed by atoms with E-state index in [0.29, 0.717) is 29.4 Å². The number of fused-ring (bicyclic) bond motifs is 1. The van der Waals surface area contributed by atoms with Crippen molar-refractivity contribution in [2.24, 2.45) is 0 Å². The molecule has 32 heavy (non-hydrogen) atoms. The summed E-state index contributed by atoms with van der Waals surface area (Å²) in [5, 5.41) is 15.4. The van der Waals surface area contributed by atoms with Gasteiger partial charge in [-0.15, -0.1) is 0 Å². The number of aliphatic carboxylic acids is 1. The number of methoxy groups -OCH3 is 1. The van der Waals surface area contributed by atoms with Crippen molar-refractivity contribution in [2.75, 3.05) is 19.0 Å². The number of carboxylic acid groups (broad SMARTS) is 1. The van der Waals surface area contributed by atoms with E-state index in [2.05, 4.69) is 22.5 Å². The van der Waals surface area contributed by atoms with Gasteiger partial charge in [-0.3, -0.25) is 4.79 Å². The molecule has 0 unspecified atom stereocenters. The second-order valence-electron chi connectivity index (χ2n) is 7.27. The maximum atomic E-state index is 12.4. The van der Waals surface area contributed by atoms with E-state index in [0.717, 1.165) is 30.2 Å². The van der Waals surface area contributed by atoms with Crippen LogP contribution in [0.15, 0.2) is 42.7 Å². The minimum atomic E-state index is -0.944. The largest absolute Gasteiger partial charge is 0.493 e. The Labute approximate surface area is 186 Å². The van der Waals surface area contributed by atoms with Crippen molar-refractivity contribution in [1.82, 2.24) is 14.9 Å². The quantitative estimate of drug-likeness (QED) is 0.388. The number of hydrogen-bond donors (Lipinski definition) is 3. The second-order valence-corrected chi connectivity index (χ2v) is 7.27. The summed E-state index contributed by atoms with van der Waals surface area (Å²) >= 11 is 0. The predicted octanol–water partition coefficient (Wildman–Crippen LogP) is 4.02. The first-order chi connectivity index (χ1) is 15.5. The van der Waals surface area contributed by atoms with Crippen molar-refractivity contribution in [3.63, 3.8) is 0 Å². The molecule has 0 aliphatic carbocycles. The van der Waals surface area contributed by atoms with Gasteiger partial charge in [0, 0.05) is 36.1 Å². The van der Waals surface area contributed by atoms with E-state index in [-0.39, 0.29) is 19.1 Å². The molecule has 0 saturated heterocycles. The number of unbranched alkanes of at least 4 members (excludes halogenated alkanes) is 2.